The second-order valence-electron chi connectivity index (χ2n) is 9.88. The number of para-hydroxylation sites is 1. The quantitative estimate of drug-likeness (QED) is 0.390. The number of aliphatic hydroxyl groups is 1. The Labute approximate surface area is 228 Å². The largest absolute Gasteiger partial charge is 0.508 e. The Morgan fingerprint density at radius 1 is 1.03 bits per heavy atom. The number of benzene rings is 2. The smallest absolute Gasteiger partial charge is 0.245 e. The normalized spacial score (nSPS) is 23.6. The predicted octanol–water partition coefficient (Wildman–Crippen LogP) is 0.829. The maximum absolute atomic E-state index is 13.4. The van der Waals surface area contributed by atoms with E-state index in [0.29, 0.717) is 18.9 Å². The minimum absolute atomic E-state index is 0.0886. The van der Waals surface area contributed by atoms with Crippen LogP contribution in [-0.4, -0.2) is 84.3 Å². The number of nitrogens with zero attached hydrogens (tertiary/aromatic N) is 1. The molecule has 4 rings (SSSR count). The zero-order valence-corrected chi connectivity index (χ0v) is 22.0. The summed E-state index contributed by atoms with van der Waals surface area (Å²) in [6, 6.07) is 11.3. The first kappa shape index (κ1) is 28.1. The molecule has 0 radical (unpaired) electrons. The number of nitrogens with one attached hydrogen (secondary N) is 3. The number of phenols is 1. The average Bonchev–Trinajstić information content (AvgIpc) is 3.77. The molecule has 1 heterocycles. The van der Waals surface area contributed by atoms with Gasteiger partial charge in [-0.3, -0.25) is 14.4 Å². The fourth-order valence-electron chi connectivity index (χ4n) is 4.58. The van der Waals surface area contributed by atoms with Gasteiger partial charge in [-0.1, -0.05) is 42.5 Å². The Kier molecular flexibility index (Phi) is 9.56. The maximum Gasteiger partial charge on any atom is 0.245 e. The van der Waals surface area contributed by atoms with Crippen molar-refractivity contribution in [2.75, 3.05) is 33.4 Å². The molecule has 10 nitrogen and oxygen atoms in total. The van der Waals surface area contributed by atoms with Crippen molar-refractivity contribution in [1.82, 2.24) is 20.9 Å². The molecule has 2 aromatic rings. The molecule has 3 amide bonds. The van der Waals surface area contributed by atoms with Crippen molar-refractivity contribution in [3.8, 4) is 11.5 Å². The Hall–Kier alpha value is -3.89. The number of aliphatic hydroxyl groups excluding tert-OH is 1. The van der Waals surface area contributed by atoms with Crippen LogP contribution in [0, 0.1) is 5.92 Å². The summed E-state index contributed by atoms with van der Waals surface area (Å²) in [5.74, 6) is -0.421. The third kappa shape index (κ3) is 7.58. The monoisotopic (exact) mass is 536 g/mol. The molecule has 3 atom stereocenters. The van der Waals surface area contributed by atoms with Gasteiger partial charge < -0.3 is 35.8 Å². The second-order valence-corrected chi connectivity index (χ2v) is 9.88. The topological polar surface area (TPSA) is 140 Å². The number of hydrogen-bond donors (Lipinski definition) is 5. The molecular formula is C29H36N4O6. The van der Waals surface area contributed by atoms with Crippen LogP contribution in [-0.2, 0) is 20.8 Å². The van der Waals surface area contributed by atoms with E-state index in [0.717, 1.165) is 24.0 Å². The van der Waals surface area contributed by atoms with Crippen LogP contribution < -0.4 is 20.7 Å². The van der Waals surface area contributed by atoms with Gasteiger partial charge in [0.1, 0.15) is 30.2 Å². The predicted molar refractivity (Wildman–Crippen MR) is 146 cm³/mol. The fourth-order valence-corrected chi connectivity index (χ4v) is 4.58. The lowest BCUT2D eigenvalue weighted by atomic mass is 10.0. The molecule has 5 N–H and O–H groups in total. The van der Waals surface area contributed by atoms with Crippen molar-refractivity contribution >= 4 is 23.8 Å². The first-order valence-electron chi connectivity index (χ1n) is 13.2. The number of carbonyl (C=O) groups excluding carboxylic acids is 3. The lowest BCUT2D eigenvalue weighted by molar-refractivity contribution is -0.143. The third-order valence-electron chi connectivity index (χ3n) is 6.99. The number of ether oxygens (including phenoxy) is 1. The van der Waals surface area contributed by atoms with Gasteiger partial charge in [0.2, 0.25) is 17.7 Å². The van der Waals surface area contributed by atoms with Gasteiger partial charge in [0, 0.05) is 32.1 Å². The maximum atomic E-state index is 13.4. The standard InChI is InChI=1S/C29H36N4O6/c1-33-24(18-34)28(37)32-23(17-19-8-12-22(35)13-9-19)27(36)31-14-4-6-20-5-2-3-7-25(20)39-16-15-30-26(29(33)38)21-10-11-21/h2-9,12-13,21,23-24,26,30,34-35H,10-11,14-18H2,1H3,(H,31,36)(H,32,37)/t23-,24+,26+/m1/s1. The van der Waals surface area contributed by atoms with E-state index in [4.69, 9.17) is 4.74 Å². The van der Waals surface area contributed by atoms with Crippen molar-refractivity contribution in [3.05, 3.63) is 65.7 Å². The van der Waals surface area contributed by atoms with Crippen LogP contribution in [0.1, 0.15) is 24.0 Å². The summed E-state index contributed by atoms with van der Waals surface area (Å²) in [4.78, 5) is 41.1. The van der Waals surface area contributed by atoms with E-state index < -0.39 is 36.5 Å². The molecule has 0 saturated heterocycles. The van der Waals surface area contributed by atoms with Gasteiger partial charge >= 0.3 is 0 Å². The molecule has 0 aromatic heterocycles. The molecular weight excluding hydrogens is 500 g/mol. The van der Waals surface area contributed by atoms with Crippen LogP contribution >= 0.6 is 0 Å². The molecule has 1 saturated carbocycles. The van der Waals surface area contributed by atoms with E-state index in [-0.39, 0.29) is 30.5 Å². The van der Waals surface area contributed by atoms with E-state index in [1.54, 1.807) is 18.2 Å². The van der Waals surface area contributed by atoms with Crippen LogP contribution in [0.3, 0.4) is 0 Å². The SMILES string of the molecule is CN1C(=O)[C@H](C2CC2)NCCOc2ccccc2C=CCNC(=O)[C@@H](Cc2ccc(O)cc2)NC(=O)[C@@H]1CO. The molecule has 10 heteroatoms. The van der Waals surface area contributed by atoms with Crippen LogP contribution in [0.2, 0.25) is 0 Å². The average molecular weight is 537 g/mol. The molecule has 0 spiro atoms. The highest BCUT2D eigenvalue weighted by molar-refractivity contribution is 5.93. The van der Waals surface area contributed by atoms with Gasteiger partial charge in [-0.05, 0) is 42.5 Å². The summed E-state index contributed by atoms with van der Waals surface area (Å²) in [5, 5.41) is 28.5. The zero-order chi connectivity index (χ0) is 27.8. The Balaban J connectivity index is 1.60. The van der Waals surface area contributed by atoms with Gasteiger partial charge in [0.25, 0.3) is 0 Å². The minimum Gasteiger partial charge on any atom is -0.508 e. The summed E-state index contributed by atoms with van der Waals surface area (Å²) in [6.45, 7) is 0.382. The molecule has 2 aromatic carbocycles. The number of phenolic OH excluding ortho intramolecular Hbond substituents is 1. The van der Waals surface area contributed by atoms with Gasteiger partial charge in [-0.2, -0.15) is 0 Å². The molecule has 39 heavy (non-hydrogen) atoms. The van der Waals surface area contributed by atoms with Crippen LogP contribution in [0.4, 0.5) is 0 Å². The first-order valence-corrected chi connectivity index (χ1v) is 13.2. The van der Waals surface area contributed by atoms with Crippen molar-refractivity contribution < 1.29 is 29.3 Å². The van der Waals surface area contributed by atoms with Gasteiger partial charge in [0.15, 0.2) is 0 Å². The molecule has 1 aliphatic heterocycles. The van der Waals surface area contributed by atoms with Crippen molar-refractivity contribution in [2.45, 2.75) is 37.4 Å². The van der Waals surface area contributed by atoms with Crippen molar-refractivity contribution in [2.24, 2.45) is 5.92 Å². The van der Waals surface area contributed by atoms with E-state index in [1.807, 2.05) is 30.3 Å². The van der Waals surface area contributed by atoms with E-state index in [2.05, 4.69) is 16.0 Å². The van der Waals surface area contributed by atoms with E-state index in [9.17, 15) is 24.6 Å². The van der Waals surface area contributed by atoms with E-state index >= 15 is 0 Å². The Morgan fingerprint density at radius 3 is 2.49 bits per heavy atom. The molecule has 0 bridgehead atoms. The zero-order valence-electron chi connectivity index (χ0n) is 22.0. The van der Waals surface area contributed by atoms with Crippen LogP contribution in [0.15, 0.2) is 54.6 Å². The summed E-state index contributed by atoms with van der Waals surface area (Å²) in [5.41, 5.74) is 1.57. The summed E-state index contributed by atoms with van der Waals surface area (Å²) in [6.07, 6.45) is 5.60. The Bertz CT molecular complexity index is 1180. The lowest BCUT2D eigenvalue weighted by Gasteiger charge is -2.31. The van der Waals surface area contributed by atoms with Crippen molar-refractivity contribution in [1.29, 1.82) is 0 Å². The molecule has 2 aliphatic rings. The third-order valence-corrected chi connectivity index (χ3v) is 6.99. The van der Waals surface area contributed by atoms with Crippen LogP contribution in [0.25, 0.3) is 6.08 Å². The lowest BCUT2D eigenvalue weighted by Crippen LogP contribution is -2.58. The number of likely N-dealkylation sites (N-methyl/N-ethyl adjacent to an activating group) is 1. The highest BCUT2D eigenvalue weighted by atomic mass is 16.5. The van der Waals surface area contributed by atoms with E-state index in [1.165, 1.54) is 24.1 Å². The summed E-state index contributed by atoms with van der Waals surface area (Å²) in [7, 11) is 1.49. The molecule has 208 valence electrons. The first-order chi connectivity index (χ1) is 18.9. The number of amides is 3. The molecule has 0 unspecified atom stereocenters. The Morgan fingerprint density at radius 2 is 1.77 bits per heavy atom. The minimum atomic E-state index is -1.17. The number of rotatable bonds is 4. The number of aromatic hydroxyl groups is 1. The molecule has 1 fully saturated rings. The van der Waals surface area contributed by atoms with Gasteiger partial charge in [-0.25, -0.2) is 0 Å². The number of carbonyl (C=O) groups is 3. The fraction of sp³-hybridized carbons (Fsp3) is 0.414. The summed E-state index contributed by atoms with van der Waals surface area (Å²) >= 11 is 0. The van der Waals surface area contributed by atoms with Gasteiger partial charge in [-0.15, -0.1) is 0 Å². The molecule has 1 aliphatic carbocycles. The second kappa shape index (κ2) is 13.3. The highest BCUT2D eigenvalue weighted by Crippen LogP contribution is 2.33. The number of fused-ring (bicyclic) bond motifs is 1. The van der Waals surface area contributed by atoms with Gasteiger partial charge in [0.05, 0.1) is 12.6 Å². The number of hydrogen-bond acceptors (Lipinski definition) is 7. The van der Waals surface area contributed by atoms with Crippen molar-refractivity contribution in [3.63, 3.8) is 0 Å². The van der Waals surface area contributed by atoms with Crippen LogP contribution in [0.5, 0.6) is 11.5 Å². The highest BCUT2D eigenvalue weighted by Gasteiger charge is 2.40. The summed E-state index contributed by atoms with van der Waals surface area (Å²) < 4.78 is 5.97.